The van der Waals surface area contributed by atoms with Crippen molar-refractivity contribution in [2.75, 3.05) is 26.2 Å². The minimum absolute atomic E-state index is 0.0357. The summed E-state index contributed by atoms with van der Waals surface area (Å²) in [5, 5.41) is 8.95. The molecule has 0 atom stereocenters. The lowest BCUT2D eigenvalue weighted by atomic mass is 9.95. The molecular weight excluding hydrogens is 340 g/mol. The van der Waals surface area contributed by atoms with Crippen LogP contribution in [0.25, 0.3) is 0 Å². The highest BCUT2D eigenvalue weighted by Gasteiger charge is 2.23. The van der Waals surface area contributed by atoms with Gasteiger partial charge in [0.2, 0.25) is 15.9 Å². The van der Waals surface area contributed by atoms with Gasteiger partial charge in [0.25, 0.3) is 0 Å². The number of nitrogens with zero attached hydrogens (tertiary/aromatic N) is 1. The van der Waals surface area contributed by atoms with Crippen LogP contribution in [0.3, 0.4) is 0 Å². The number of amides is 1. The number of sulfonamides is 1. The molecule has 1 aromatic rings. The molecule has 0 fully saturated rings. The molecular formula is C18H30N2O4S. The largest absolute Gasteiger partial charge is 0.395 e. The molecule has 1 amide bonds. The van der Waals surface area contributed by atoms with Gasteiger partial charge < -0.3 is 10.0 Å². The molecule has 0 aliphatic rings. The number of aliphatic hydroxyl groups excluding tert-OH is 1. The number of hydrogen-bond donors (Lipinski definition) is 2. The normalized spacial score (nSPS) is 11.6. The van der Waals surface area contributed by atoms with Crippen LogP contribution in [0.5, 0.6) is 0 Å². The van der Waals surface area contributed by atoms with E-state index in [0.29, 0.717) is 11.4 Å². The standard InChI is InChI=1S/C18H30N2O4S/c1-7-20(10-11-21)17(22)8-9-19-25(23,24)18-15(5)13(3)12(2)14(4)16(18)6/h19,21H,7-11H2,1-6H3. The number of aliphatic hydroxyl groups is 1. The van der Waals surface area contributed by atoms with Crippen LogP contribution in [-0.4, -0.2) is 50.6 Å². The summed E-state index contributed by atoms with van der Waals surface area (Å²) in [5.41, 5.74) is 4.54. The summed E-state index contributed by atoms with van der Waals surface area (Å²) in [6, 6.07) is 0. The van der Waals surface area contributed by atoms with Crippen LogP contribution in [0, 0.1) is 34.6 Å². The third-order valence-corrected chi connectivity index (χ3v) is 6.67. The highest BCUT2D eigenvalue weighted by Crippen LogP contribution is 2.29. The lowest BCUT2D eigenvalue weighted by molar-refractivity contribution is -0.131. The summed E-state index contributed by atoms with van der Waals surface area (Å²) in [7, 11) is -3.69. The fourth-order valence-corrected chi connectivity index (χ4v) is 4.60. The fraction of sp³-hybridized carbons (Fsp3) is 0.611. The van der Waals surface area contributed by atoms with E-state index in [4.69, 9.17) is 5.11 Å². The van der Waals surface area contributed by atoms with E-state index in [-0.39, 0.29) is 32.0 Å². The van der Waals surface area contributed by atoms with Gasteiger partial charge in [0.1, 0.15) is 0 Å². The Morgan fingerprint density at radius 1 is 1.00 bits per heavy atom. The van der Waals surface area contributed by atoms with Gasteiger partial charge >= 0.3 is 0 Å². The van der Waals surface area contributed by atoms with Crippen molar-refractivity contribution in [2.24, 2.45) is 0 Å². The van der Waals surface area contributed by atoms with Gasteiger partial charge in [-0.25, -0.2) is 13.1 Å². The number of carbonyl (C=O) groups is 1. The Morgan fingerprint density at radius 2 is 1.48 bits per heavy atom. The van der Waals surface area contributed by atoms with E-state index in [2.05, 4.69) is 4.72 Å². The number of nitrogens with one attached hydrogen (secondary N) is 1. The average Bonchev–Trinajstić information content (AvgIpc) is 2.55. The van der Waals surface area contributed by atoms with E-state index in [9.17, 15) is 13.2 Å². The van der Waals surface area contributed by atoms with Gasteiger partial charge in [0, 0.05) is 26.1 Å². The van der Waals surface area contributed by atoms with Crippen molar-refractivity contribution >= 4 is 15.9 Å². The molecule has 6 nitrogen and oxygen atoms in total. The molecule has 0 aliphatic heterocycles. The molecule has 0 saturated carbocycles. The minimum atomic E-state index is -3.69. The molecule has 0 radical (unpaired) electrons. The Labute approximate surface area is 151 Å². The minimum Gasteiger partial charge on any atom is -0.395 e. The van der Waals surface area contributed by atoms with Crippen LogP contribution in [0.4, 0.5) is 0 Å². The SMILES string of the molecule is CCN(CCO)C(=O)CCNS(=O)(=O)c1c(C)c(C)c(C)c(C)c1C. The van der Waals surface area contributed by atoms with Crippen LogP contribution in [-0.2, 0) is 14.8 Å². The molecule has 0 spiro atoms. The summed E-state index contributed by atoms with van der Waals surface area (Å²) < 4.78 is 28.1. The second-order valence-corrected chi connectivity index (χ2v) is 8.00. The number of benzene rings is 1. The van der Waals surface area contributed by atoms with Crippen molar-refractivity contribution in [3.63, 3.8) is 0 Å². The van der Waals surface area contributed by atoms with Gasteiger partial charge in [-0.3, -0.25) is 4.79 Å². The molecule has 142 valence electrons. The van der Waals surface area contributed by atoms with Gasteiger partial charge in [-0.15, -0.1) is 0 Å². The van der Waals surface area contributed by atoms with Crippen molar-refractivity contribution in [1.29, 1.82) is 0 Å². The highest BCUT2D eigenvalue weighted by molar-refractivity contribution is 7.89. The maximum absolute atomic E-state index is 12.8. The second-order valence-electron chi connectivity index (χ2n) is 6.30. The van der Waals surface area contributed by atoms with Gasteiger partial charge in [0.05, 0.1) is 11.5 Å². The molecule has 0 aliphatic carbocycles. The number of carbonyl (C=O) groups excluding carboxylic acids is 1. The smallest absolute Gasteiger partial charge is 0.241 e. The zero-order chi connectivity index (χ0) is 19.4. The summed E-state index contributed by atoms with van der Waals surface area (Å²) in [6.07, 6.45) is 0.0645. The van der Waals surface area contributed by atoms with Crippen molar-refractivity contribution in [1.82, 2.24) is 9.62 Å². The summed E-state index contributed by atoms with van der Waals surface area (Å²) in [4.78, 5) is 13.9. The fourth-order valence-electron chi connectivity index (χ4n) is 2.97. The zero-order valence-corrected chi connectivity index (χ0v) is 16.9. The predicted octanol–water partition coefficient (Wildman–Crippen LogP) is 1.74. The van der Waals surface area contributed by atoms with E-state index in [1.807, 2.05) is 41.5 Å². The molecule has 7 heteroatoms. The highest BCUT2D eigenvalue weighted by atomic mass is 32.2. The van der Waals surface area contributed by atoms with Gasteiger partial charge in [0.15, 0.2) is 0 Å². The van der Waals surface area contributed by atoms with Crippen molar-refractivity contribution in [3.8, 4) is 0 Å². The molecule has 0 saturated heterocycles. The van der Waals surface area contributed by atoms with E-state index in [0.717, 1.165) is 27.8 Å². The third kappa shape index (κ3) is 4.80. The molecule has 25 heavy (non-hydrogen) atoms. The first-order valence-electron chi connectivity index (χ1n) is 8.53. The monoisotopic (exact) mass is 370 g/mol. The molecule has 0 unspecified atom stereocenters. The third-order valence-electron chi connectivity index (χ3n) is 4.94. The summed E-state index contributed by atoms with van der Waals surface area (Å²) in [5.74, 6) is -0.177. The first-order valence-corrected chi connectivity index (χ1v) is 10.0. The quantitative estimate of drug-likeness (QED) is 0.730. The maximum atomic E-state index is 12.8. The topological polar surface area (TPSA) is 86.7 Å². The molecule has 0 bridgehead atoms. The summed E-state index contributed by atoms with van der Waals surface area (Å²) >= 11 is 0. The van der Waals surface area contributed by atoms with E-state index in [1.54, 1.807) is 0 Å². The van der Waals surface area contributed by atoms with Crippen LogP contribution in [0.15, 0.2) is 4.90 Å². The molecule has 0 aromatic heterocycles. The lowest BCUT2D eigenvalue weighted by Gasteiger charge is -2.21. The van der Waals surface area contributed by atoms with Crippen LogP contribution in [0.2, 0.25) is 0 Å². The van der Waals surface area contributed by atoms with Gasteiger partial charge in [-0.2, -0.15) is 0 Å². The van der Waals surface area contributed by atoms with Crippen molar-refractivity contribution in [2.45, 2.75) is 52.9 Å². The van der Waals surface area contributed by atoms with E-state index in [1.165, 1.54) is 4.90 Å². The average molecular weight is 371 g/mol. The Balaban J connectivity index is 2.96. The van der Waals surface area contributed by atoms with E-state index < -0.39 is 10.0 Å². The van der Waals surface area contributed by atoms with Gasteiger partial charge in [-0.1, -0.05) is 0 Å². The Morgan fingerprint density at radius 3 is 1.92 bits per heavy atom. The van der Waals surface area contributed by atoms with Crippen LogP contribution in [0.1, 0.15) is 41.2 Å². The lowest BCUT2D eigenvalue weighted by Crippen LogP contribution is -2.36. The van der Waals surface area contributed by atoms with Crippen LogP contribution >= 0.6 is 0 Å². The Kier molecular flexibility index (Phi) is 7.59. The maximum Gasteiger partial charge on any atom is 0.241 e. The summed E-state index contributed by atoms with van der Waals surface area (Å²) in [6.45, 7) is 12.0. The zero-order valence-electron chi connectivity index (χ0n) is 16.1. The van der Waals surface area contributed by atoms with E-state index >= 15 is 0 Å². The Bertz CT molecular complexity index is 713. The number of hydrogen-bond acceptors (Lipinski definition) is 4. The first kappa shape index (κ1) is 21.6. The number of rotatable bonds is 8. The molecule has 0 heterocycles. The number of likely N-dealkylation sites (N-methyl/N-ethyl adjacent to an activating group) is 1. The first-order chi connectivity index (χ1) is 11.6. The van der Waals surface area contributed by atoms with Gasteiger partial charge in [-0.05, 0) is 69.4 Å². The second kappa shape index (κ2) is 8.78. The van der Waals surface area contributed by atoms with Crippen LogP contribution < -0.4 is 4.72 Å². The predicted molar refractivity (Wildman–Crippen MR) is 99.3 cm³/mol. The Hall–Kier alpha value is -1.44. The molecule has 1 rings (SSSR count). The van der Waals surface area contributed by atoms with Crippen molar-refractivity contribution < 1.29 is 18.3 Å². The molecule has 1 aromatic carbocycles. The molecule has 2 N–H and O–H groups in total. The van der Waals surface area contributed by atoms with Crippen molar-refractivity contribution in [3.05, 3.63) is 27.8 Å².